The van der Waals surface area contributed by atoms with Gasteiger partial charge >= 0.3 is 0 Å². The maximum atomic E-state index is 4.16. The lowest BCUT2D eigenvalue weighted by atomic mass is 10.4. The van der Waals surface area contributed by atoms with Crippen molar-refractivity contribution in [3.8, 4) is 0 Å². The molecule has 1 N–H and O–H groups in total. The molecule has 4 heteroatoms. The van der Waals surface area contributed by atoms with Crippen molar-refractivity contribution < 1.29 is 0 Å². The molecule has 90 valence electrons. The van der Waals surface area contributed by atoms with Gasteiger partial charge in [0.2, 0.25) is 0 Å². The lowest BCUT2D eigenvalue weighted by molar-refractivity contribution is 0.335. The Kier molecular flexibility index (Phi) is 4.36. The molecule has 0 atom stereocenters. The minimum Gasteiger partial charge on any atom is -0.334 e. The van der Waals surface area contributed by atoms with Crippen LogP contribution in [-0.4, -0.2) is 40.6 Å². The summed E-state index contributed by atoms with van der Waals surface area (Å²) in [6, 6.07) is 0. The van der Waals surface area contributed by atoms with Crippen molar-refractivity contribution >= 4 is 0 Å². The average molecular weight is 222 g/mol. The molecule has 0 bridgehead atoms. The number of aromatic nitrogens is 2. The van der Waals surface area contributed by atoms with E-state index in [9.17, 15) is 0 Å². The molecule has 1 fully saturated rings. The highest BCUT2D eigenvalue weighted by molar-refractivity contribution is 4.97. The molecule has 0 saturated carbocycles. The fourth-order valence-corrected chi connectivity index (χ4v) is 2.24. The fraction of sp³-hybridized carbons (Fsp3) is 0.750. The summed E-state index contributed by atoms with van der Waals surface area (Å²) in [5, 5.41) is 3.49. The molecule has 1 aromatic rings. The number of imidazole rings is 1. The lowest BCUT2D eigenvalue weighted by Crippen LogP contribution is -2.30. The second-order valence-electron chi connectivity index (χ2n) is 4.40. The van der Waals surface area contributed by atoms with E-state index in [1.54, 1.807) is 0 Å². The first-order valence-electron chi connectivity index (χ1n) is 6.32. The summed E-state index contributed by atoms with van der Waals surface area (Å²) < 4.78 is 2.18. The summed E-state index contributed by atoms with van der Waals surface area (Å²) in [5.41, 5.74) is 1.28. The second-order valence-corrected chi connectivity index (χ2v) is 4.40. The molecule has 2 heterocycles. The monoisotopic (exact) mass is 222 g/mol. The fourth-order valence-electron chi connectivity index (χ4n) is 2.24. The van der Waals surface area contributed by atoms with Crippen LogP contribution in [0.5, 0.6) is 0 Å². The van der Waals surface area contributed by atoms with Crippen molar-refractivity contribution in [1.29, 1.82) is 0 Å². The Morgan fingerprint density at radius 2 is 2.19 bits per heavy atom. The Morgan fingerprint density at radius 1 is 1.38 bits per heavy atom. The third-order valence-electron chi connectivity index (χ3n) is 3.25. The van der Waals surface area contributed by atoms with Crippen LogP contribution in [-0.2, 0) is 13.1 Å². The highest BCUT2D eigenvalue weighted by Gasteiger charge is 2.10. The summed E-state index contributed by atoms with van der Waals surface area (Å²) in [6.07, 6.45) is 6.61. The molecular formula is C12H22N4. The van der Waals surface area contributed by atoms with E-state index in [1.807, 2.05) is 12.5 Å². The van der Waals surface area contributed by atoms with Gasteiger partial charge in [-0.25, -0.2) is 4.98 Å². The molecule has 0 unspecified atom stereocenters. The minimum absolute atomic E-state index is 0.932. The van der Waals surface area contributed by atoms with Gasteiger partial charge in [-0.1, -0.05) is 0 Å². The van der Waals surface area contributed by atoms with Crippen LogP contribution in [0.3, 0.4) is 0 Å². The van der Waals surface area contributed by atoms with Crippen LogP contribution < -0.4 is 5.32 Å². The highest BCUT2D eigenvalue weighted by atomic mass is 15.2. The van der Waals surface area contributed by atoms with Crippen LogP contribution in [0, 0.1) is 0 Å². The van der Waals surface area contributed by atoms with Crippen molar-refractivity contribution in [2.45, 2.75) is 32.9 Å². The van der Waals surface area contributed by atoms with E-state index in [4.69, 9.17) is 0 Å². The Labute approximate surface area is 97.7 Å². The lowest BCUT2D eigenvalue weighted by Gasteiger charge is -2.14. The van der Waals surface area contributed by atoms with Crippen LogP contribution >= 0.6 is 0 Å². The van der Waals surface area contributed by atoms with Gasteiger partial charge in [-0.3, -0.25) is 0 Å². The molecule has 0 amide bonds. The topological polar surface area (TPSA) is 33.1 Å². The molecule has 0 aromatic carbocycles. The Hall–Kier alpha value is -0.870. The first kappa shape index (κ1) is 11.6. The predicted molar refractivity (Wildman–Crippen MR) is 65.3 cm³/mol. The summed E-state index contributed by atoms with van der Waals surface area (Å²) in [7, 11) is 0. The number of rotatable bonds is 6. The molecule has 2 rings (SSSR count). The zero-order chi connectivity index (χ0) is 11.2. The normalized spacial score (nSPS) is 17.1. The average Bonchev–Trinajstić information content (AvgIpc) is 2.95. The summed E-state index contributed by atoms with van der Waals surface area (Å²) in [5.74, 6) is 0. The molecule has 0 radical (unpaired) electrons. The first-order chi connectivity index (χ1) is 7.90. The summed E-state index contributed by atoms with van der Waals surface area (Å²) in [4.78, 5) is 6.69. The second kappa shape index (κ2) is 6.01. The standard InChI is InChI=1S/C12H22N4/c1-2-16-11-14-10-12(16)9-13-5-8-15-6-3-4-7-15/h10-11,13H,2-9H2,1H3. The molecule has 1 aromatic heterocycles. The van der Waals surface area contributed by atoms with E-state index >= 15 is 0 Å². The van der Waals surface area contributed by atoms with Gasteiger partial charge < -0.3 is 14.8 Å². The molecule has 4 nitrogen and oxygen atoms in total. The third-order valence-corrected chi connectivity index (χ3v) is 3.25. The van der Waals surface area contributed by atoms with Gasteiger partial charge in [0.25, 0.3) is 0 Å². The van der Waals surface area contributed by atoms with E-state index in [0.717, 1.165) is 19.6 Å². The van der Waals surface area contributed by atoms with Crippen LogP contribution in [0.1, 0.15) is 25.5 Å². The van der Waals surface area contributed by atoms with Gasteiger partial charge in [0.05, 0.1) is 12.0 Å². The molecule has 1 aliphatic rings. The Balaban J connectivity index is 1.64. The van der Waals surface area contributed by atoms with Gasteiger partial charge in [-0.2, -0.15) is 0 Å². The number of nitrogens with zero attached hydrogens (tertiary/aromatic N) is 3. The SMILES string of the molecule is CCn1cncc1CNCCN1CCCC1. The zero-order valence-electron chi connectivity index (χ0n) is 10.2. The van der Waals surface area contributed by atoms with Crippen molar-refractivity contribution in [3.63, 3.8) is 0 Å². The third kappa shape index (κ3) is 3.06. The van der Waals surface area contributed by atoms with Crippen molar-refractivity contribution in [3.05, 3.63) is 18.2 Å². The van der Waals surface area contributed by atoms with Gasteiger partial charge in [-0.05, 0) is 32.9 Å². The van der Waals surface area contributed by atoms with E-state index in [1.165, 1.54) is 38.2 Å². The molecule has 1 aliphatic heterocycles. The summed E-state index contributed by atoms with van der Waals surface area (Å²) >= 11 is 0. The van der Waals surface area contributed by atoms with Crippen LogP contribution in [0.25, 0.3) is 0 Å². The quantitative estimate of drug-likeness (QED) is 0.731. The number of hydrogen-bond acceptors (Lipinski definition) is 3. The van der Waals surface area contributed by atoms with Gasteiger partial charge in [-0.15, -0.1) is 0 Å². The van der Waals surface area contributed by atoms with Crippen LogP contribution in [0.4, 0.5) is 0 Å². The van der Waals surface area contributed by atoms with Gasteiger partial charge in [0, 0.05) is 32.4 Å². The van der Waals surface area contributed by atoms with E-state index in [2.05, 4.69) is 26.7 Å². The Bertz CT molecular complexity index is 302. The Morgan fingerprint density at radius 3 is 2.94 bits per heavy atom. The van der Waals surface area contributed by atoms with Crippen LogP contribution in [0.15, 0.2) is 12.5 Å². The largest absolute Gasteiger partial charge is 0.334 e. The number of aryl methyl sites for hydroxylation is 1. The van der Waals surface area contributed by atoms with E-state index in [-0.39, 0.29) is 0 Å². The van der Waals surface area contributed by atoms with Gasteiger partial charge in [0.15, 0.2) is 0 Å². The smallest absolute Gasteiger partial charge is 0.0948 e. The zero-order valence-corrected chi connectivity index (χ0v) is 10.2. The van der Waals surface area contributed by atoms with Crippen molar-refractivity contribution in [2.24, 2.45) is 0 Å². The highest BCUT2D eigenvalue weighted by Crippen LogP contribution is 2.05. The maximum absolute atomic E-state index is 4.16. The number of likely N-dealkylation sites (tertiary alicyclic amines) is 1. The molecule has 0 spiro atoms. The first-order valence-corrected chi connectivity index (χ1v) is 6.32. The summed E-state index contributed by atoms with van der Waals surface area (Å²) in [6.45, 7) is 8.92. The minimum atomic E-state index is 0.932. The van der Waals surface area contributed by atoms with E-state index < -0.39 is 0 Å². The van der Waals surface area contributed by atoms with Crippen molar-refractivity contribution in [2.75, 3.05) is 26.2 Å². The van der Waals surface area contributed by atoms with Crippen LogP contribution in [0.2, 0.25) is 0 Å². The molecule has 1 saturated heterocycles. The van der Waals surface area contributed by atoms with E-state index in [0.29, 0.717) is 0 Å². The maximum Gasteiger partial charge on any atom is 0.0948 e. The molecular weight excluding hydrogens is 200 g/mol. The van der Waals surface area contributed by atoms with Gasteiger partial charge in [0.1, 0.15) is 0 Å². The number of nitrogens with one attached hydrogen (secondary N) is 1. The number of hydrogen-bond donors (Lipinski definition) is 1. The molecule has 16 heavy (non-hydrogen) atoms. The van der Waals surface area contributed by atoms with Crippen molar-refractivity contribution in [1.82, 2.24) is 19.8 Å². The molecule has 0 aliphatic carbocycles. The predicted octanol–water partition coefficient (Wildman–Crippen LogP) is 1.09.